The molecule has 0 saturated carbocycles. The zero-order chi connectivity index (χ0) is 21.1. The first-order valence-corrected chi connectivity index (χ1v) is 9.57. The predicted octanol–water partition coefficient (Wildman–Crippen LogP) is 5.02. The molecule has 1 amide bonds. The van der Waals surface area contributed by atoms with E-state index in [1.807, 2.05) is 24.3 Å². The van der Waals surface area contributed by atoms with Crippen molar-refractivity contribution < 1.29 is 18.1 Å². The van der Waals surface area contributed by atoms with Gasteiger partial charge in [-0.05, 0) is 29.8 Å². The Morgan fingerprint density at radius 1 is 1.13 bits per heavy atom. The highest BCUT2D eigenvalue weighted by Crippen LogP contribution is 2.37. The van der Waals surface area contributed by atoms with Crippen molar-refractivity contribution in [2.75, 3.05) is 5.32 Å². The highest BCUT2D eigenvalue weighted by Gasteiger charge is 2.24. The van der Waals surface area contributed by atoms with Gasteiger partial charge in [-0.25, -0.2) is 18.7 Å². The Bertz CT molecular complexity index is 1210. The minimum Gasteiger partial charge on any atom is -0.337 e. The summed E-state index contributed by atoms with van der Waals surface area (Å²) < 4.78 is 33.8. The molecule has 2 heterocycles. The summed E-state index contributed by atoms with van der Waals surface area (Å²) in [5.41, 5.74) is 1.51. The lowest BCUT2D eigenvalue weighted by Crippen LogP contribution is -2.15. The van der Waals surface area contributed by atoms with Gasteiger partial charge in [-0.15, -0.1) is 0 Å². The van der Waals surface area contributed by atoms with Crippen LogP contribution in [0.1, 0.15) is 5.56 Å². The fraction of sp³-hybridized carbons (Fsp3) is 0.0476. The van der Waals surface area contributed by atoms with Crippen LogP contribution in [0.15, 0.2) is 70.1 Å². The molecule has 4 aromatic rings. The SMILES string of the molecule is O=C(Cc1ccccc1Br)Nc1onc(-c2ccc(F)cc2F)c1-c1ccncn1. The van der Waals surface area contributed by atoms with Crippen LogP contribution in [-0.4, -0.2) is 21.0 Å². The molecular weight excluding hydrogens is 458 g/mol. The van der Waals surface area contributed by atoms with E-state index in [1.165, 1.54) is 18.6 Å². The number of carbonyl (C=O) groups excluding carboxylic acids is 1. The minimum atomic E-state index is -0.815. The minimum absolute atomic E-state index is 0.00415. The average Bonchev–Trinajstić information content (AvgIpc) is 3.13. The molecule has 0 atom stereocenters. The topological polar surface area (TPSA) is 80.9 Å². The molecule has 0 aliphatic heterocycles. The highest BCUT2D eigenvalue weighted by molar-refractivity contribution is 9.10. The quantitative estimate of drug-likeness (QED) is 0.442. The summed E-state index contributed by atoms with van der Waals surface area (Å²) >= 11 is 3.40. The van der Waals surface area contributed by atoms with Crippen molar-refractivity contribution >= 4 is 27.7 Å². The number of amides is 1. The molecule has 0 radical (unpaired) electrons. The van der Waals surface area contributed by atoms with Crippen molar-refractivity contribution in [3.63, 3.8) is 0 Å². The van der Waals surface area contributed by atoms with Crippen LogP contribution in [0.25, 0.3) is 22.5 Å². The van der Waals surface area contributed by atoms with Crippen molar-refractivity contribution in [3.05, 3.63) is 82.7 Å². The molecule has 2 aromatic heterocycles. The van der Waals surface area contributed by atoms with Gasteiger partial charge in [-0.3, -0.25) is 10.1 Å². The zero-order valence-corrected chi connectivity index (χ0v) is 16.9. The lowest BCUT2D eigenvalue weighted by atomic mass is 10.0. The van der Waals surface area contributed by atoms with Crippen LogP contribution in [0.2, 0.25) is 0 Å². The molecule has 0 unspecified atom stereocenters. The van der Waals surface area contributed by atoms with E-state index < -0.39 is 11.6 Å². The predicted molar refractivity (Wildman–Crippen MR) is 109 cm³/mol. The van der Waals surface area contributed by atoms with Gasteiger partial charge in [0.05, 0.1) is 17.7 Å². The first-order valence-electron chi connectivity index (χ1n) is 8.77. The average molecular weight is 471 g/mol. The summed E-state index contributed by atoms with van der Waals surface area (Å²) in [4.78, 5) is 20.6. The number of anilines is 1. The molecule has 150 valence electrons. The van der Waals surface area contributed by atoms with E-state index in [-0.39, 0.29) is 35.0 Å². The Kier molecular flexibility index (Phi) is 5.62. The van der Waals surface area contributed by atoms with E-state index >= 15 is 0 Å². The standard InChI is InChI=1S/C21H13BrF2N4O2/c22-15-4-2-1-3-12(15)9-18(29)27-21-19(17-7-8-25-11-26-17)20(28-30-21)14-6-5-13(23)10-16(14)24/h1-8,10-11H,9H2,(H,27,29). The number of nitrogens with zero attached hydrogens (tertiary/aromatic N) is 3. The maximum Gasteiger partial charge on any atom is 0.241 e. The summed E-state index contributed by atoms with van der Waals surface area (Å²) in [6.45, 7) is 0. The Balaban J connectivity index is 1.72. The van der Waals surface area contributed by atoms with Crippen molar-refractivity contribution in [2.24, 2.45) is 0 Å². The van der Waals surface area contributed by atoms with E-state index in [4.69, 9.17) is 4.52 Å². The summed E-state index contributed by atoms with van der Waals surface area (Å²) in [5, 5.41) is 6.57. The van der Waals surface area contributed by atoms with Gasteiger partial charge in [0.25, 0.3) is 0 Å². The molecule has 9 heteroatoms. The molecule has 0 aliphatic carbocycles. The second kappa shape index (κ2) is 8.50. The maximum absolute atomic E-state index is 14.4. The normalized spacial score (nSPS) is 10.8. The number of carbonyl (C=O) groups is 1. The monoisotopic (exact) mass is 470 g/mol. The molecule has 2 aromatic carbocycles. The molecule has 6 nitrogen and oxygen atoms in total. The van der Waals surface area contributed by atoms with Crippen LogP contribution in [0.3, 0.4) is 0 Å². The molecular formula is C21H13BrF2N4O2. The van der Waals surface area contributed by atoms with Gasteiger partial charge in [0, 0.05) is 22.3 Å². The van der Waals surface area contributed by atoms with Gasteiger partial charge in [0.1, 0.15) is 23.7 Å². The van der Waals surface area contributed by atoms with Gasteiger partial charge in [0.2, 0.25) is 11.8 Å². The lowest BCUT2D eigenvalue weighted by Gasteiger charge is -2.07. The van der Waals surface area contributed by atoms with Crippen LogP contribution in [0.4, 0.5) is 14.7 Å². The van der Waals surface area contributed by atoms with Gasteiger partial charge in [-0.1, -0.05) is 39.3 Å². The molecule has 0 aliphatic rings. The molecule has 0 bridgehead atoms. The Morgan fingerprint density at radius 2 is 1.97 bits per heavy atom. The number of aromatic nitrogens is 3. The van der Waals surface area contributed by atoms with E-state index in [0.717, 1.165) is 22.2 Å². The first-order chi connectivity index (χ1) is 14.5. The van der Waals surface area contributed by atoms with Crippen molar-refractivity contribution in [1.29, 1.82) is 0 Å². The van der Waals surface area contributed by atoms with E-state index in [0.29, 0.717) is 5.69 Å². The molecule has 0 spiro atoms. The third kappa shape index (κ3) is 4.11. The maximum atomic E-state index is 14.4. The van der Waals surface area contributed by atoms with Crippen LogP contribution in [-0.2, 0) is 11.2 Å². The van der Waals surface area contributed by atoms with Crippen molar-refractivity contribution in [2.45, 2.75) is 6.42 Å². The fourth-order valence-electron chi connectivity index (χ4n) is 2.90. The van der Waals surface area contributed by atoms with Gasteiger partial charge in [-0.2, -0.15) is 0 Å². The molecule has 1 N–H and O–H groups in total. The van der Waals surface area contributed by atoms with Gasteiger partial charge >= 0.3 is 0 Å². The smallest absolute Gasteiger partial charge is 0.241 e. The summed E-state index contributed by atoms with van der Waals surface area (Å²) in [6.07, 6.45) is 2.87. The van der Waals surface area contributed by atoms with Crippen LogP contribution < -0.4 is 5.32 Å². The van der Waals surface area contributed by atoms with Crippen molar-refractivity contribution in [1.82, 2.24) is 15.1 Å². The highest BCUT2D eigenvalue weighted by atomic mass is 79.9. The van der Waals surface area contributed by atoms with E-state index in [9.17, 15) is 13.6 Å². The second-order valence-electron chi connectivity index (χ2n) is 6.27. The molecule has 0 fully saturated rings. The van der Waals surface area contributed by atoms with Gasteiger partial charge in [0.15, 0.2) is 0 Å². The lowest BCUT2D eigenvalue weighted by molar-refractivity contribution is -0.115. The fourth-order valence-corrected chi connectivity index (χ4v) is 3.33. The zero-order valence-electron chi connectivity index (χ0n) is 15.3. The Labute approximate surface area is 178 Å². The first kappa shape index (κ1) is 19.8. The van der Waals surface area contributed by atoms with Crippen LogP contribution in [0, 0.1) is 11.6 Å². The molecule has 0 saturated heterocycles. The number of nitrogens with one attached hydrogen (secondary N) is 1. The Hall–Kier alpha value is -3.46. The van der Waals surface area contributed by atoms with E-state index in [2.05, 4.69) is 36.4 Å². The summed E-state index contributed by atoms with van der Waals surface area (Å²) in [6, 6.07) is 12.0. The van der Waals surface area contributed by atoms with Gasteiger partial charge < -0.3 is 4.52 Å². The van der Waals surface area contributed by atoms with Crippen LogP contribution in [0.5, 0.6) is 0 Å². The second-order valence-corrected chi connectivity index (χ2v) is 7.12. The number of benzene rings is 2. The summed E-state index contributed by atoms with van der Waals surface area (Å²) in [5.74, 6) is -1.89. The van der Waals surface area contributed by atoms with Crippen molar-refractivity contribution in [3.8, 4) is 22.5 Å². The van der Waals surface area contributed by atoms with E-state index in [1.54, 1.807) is 6.07 Å². The third-order valence-corrected chi connectivity index (χ3v) is 5.05. The van der Waals surface area contributed by atoms with Crippen LogP contribution >= 0.6 is 15.9 Å². The largest absolute Gasteiger partial charge is 0.337 e. The molecule has 4 rings (SSSR count). The number of halogens is 3. The number of hydrogen-bond acceptors (Lipinski definition) is 5. The summed E-state index contributed by atoms with van der Waals surface area (Å²) in [7, 11) is 0. The number of rotatable bonds is 5. The molecule has 30 heavy (non-hydrogen) atoms. The Morgan fingerprint density at radius 3 is 2.70 bits per heavy atom. The number of hydrogen-bond donors (Lipinski definition) is 1. The third-order valence-electron chi connectivity index (χ3n) is 4.28.